The Labute approximate surface area is 186 Å². The monoisotopic (exact) mass is 446 g/mol. The lowest BCUT2D eigenvalue weighted by molar-refractivity contribution is -0.112. The number of fused-ring (bicyclic) bond motifs is 2. The molecule has 4 aromatic rings. The van der Waals surface area contributed by atoms with Crippen LogP contribution < -0.4 is 24.5 Å². The number of ether oxygens (including phenoxy) is 2. The Hall–Kier alpha value is -3.98. The van der Waals surface area contributed by atoms with E-state index < -0.39 is 0 Å². The fourth-order valence-electron chi connectivity index (χ4n) is 3.79. The quantitative estimate of drug-likeness (QED) is 0.437. The molecule has 1 aliphatic heterocycles. The average Bonchev–Trinajstić information content (AvgIpc) is 3.45. The molecule has 0 saturated heterocycles. The van der Waals surface area contributed by atoms with Gasteiger partial charge in [0.1, 0.15) is 4.53 Å². The van der Waals surface area contributed by atoms with Crippen LogP contribution in [-0.4, -0.2) is 41.3 Å². The molecule has 0 unspecified atom stereocenters. The fourth-order valence-corrected chi connectivity index (χ4v) is 4.79. The van der Waals surface area contributed by atoms with Gasteiger partial charge in [-0.1, -0.05) is 35.6 Å². The molecule has 0 bridgehead atoms. The molecule has 0 fully saturated rings. The second-order valence-electron chi connectivity index (χ2n) is 7.03. The van der Waals surface area contributed by atoms with Crippen molar-refractivity contribution in [3.8, 4) is 22.9 Å². The van der Waals surface area contributed by atoms with Crippen LogP contribution in [0.5, 0.6) is 11.5 Å². The first kappa shape index (κ1) is 20.0. The minimum atomic E-state index is -0.372. The van der Waals surface area contributed by atoms with Crippen LogP contribution in [0.25, 0.3) is 21.9 Å². The summed E-state index contributed by atoms with van der Waals surface area (Å²) >= 11 is 1.15. The normalized spacial score (nSPS) is 14.7. The largest absolute Gasteiger partial charge is 0.493 e. The van der Waals surface area contributed by atoms with Gasteiger partial charge in [-0.2, -0.15) is 9.50 Å². The molecule has 0 atom stereocenters. The number of methoxy groups -OCH3 is 2. The molecule has 5 rings (SSSR count). The fraction of sp³-hybridized carbons (Fsp3) is 0.130. The van der Waals surface area contributed by atoms with Crippen molar-refractivity contribution in [2.45, 2.75) is 0 Å². The number of carbonyl (C=O) groups is 1. The third-order valence-corrected chi connectivity index (χ3v) is 6.29. The highest BCUT2D eigenvalue weighted by molar-refractivity contribution is 7.15. The maximum atomic E-state index is 13.2. The van der Waals surface area contributed by atoms with Gasteiger partial charge in [0, 0.05) is 17.7 Å². The Balaban J connectivity index is 1.67. The van der Waals surface area contributed by atoms with Crippen molar-refractivity contribution in [1.82, 2.24) is 14.6 Å². The van der Waals surface area contributed by atoms with Crippen molar-refractivity contribution in [2.24, 2.45) is 0 Å². The average molecular weight is 446 g/mol. The highest BCUT2D eigenvalue weighted by Gasteiger charge is 2.33. The van der Waals surface area contributed by atoms with Crippen molar-refractivity contribution >= 4 is 33.5 Å². The molecular formula is C23H18N4O4S. The summed E-state index contributed by atoms with van der Waals surface area (Å²) in [5.41, 5.74) is 2.17. The Morgan fingerprint density at radius 3 is 2.59 bits per heavy atom. The van der Waals surface area contributed by atoms with Gasteiger partial charge >= 0.3 is 0 Å². The highest BCUT2D eigenvalue weighted by Crippen LogP contribution is 2.35. The van der Waals surface area contributed by atoms with Gasteiger partial charge in [0.05, 0.1) is 25.5 Å². The predicted molar refractivity (Wildman–Crippen MR) is 122 cm³/mol. The molecule has 1 amide bonds. The molecule has 0 N–H and O–H groups in total. The van der Waals surface area contributed by atoms with Crippen LogP contribution in [0.3, 0.4) is 0 Å². The number of amides is 1. The second kappa shape index (κ2) is 7.61. The molecule has 8 nitrogen and oxygen atoms in total. The number of aromatic nitrogens is 3. The maximum absolute atomic E-state index is 13.2. The van der Waals surface area contributed by atoms with E-state index in [0.717, 1.165) is 22.6 Å². The first-order valence-electron chi connectivity index (χ1n) is 9.75. The minimum absolute atomic E-state index is 0.229. The number of carbonyl (C=O) groups excluding carboxylic acids is 1. The number of nitrogens with zero attached hydrogens (tertiary/aromatic N) is 4. The Bertz CT molecular complexity index is 1500. The van der Waals surface area contributed by atoms with Crippen molar-refractivity contribution < 1.29 is 14.3 Å². The summed E-state index contributed by atoms with van der Waals surface area (Å²) < 4.78 is 12.2. The Morgan fingerprint density at radius 2 is 1.88 bits per heavy atom. The lowest BCUT2D eigenvalue weighted by Gasteiger charge is -2.13. The zero-order valence-corrected chi connectivity index (χ0v) is 18.2. The van der Waals surface area contributed by atoms with E-state index in [1.54, 1.807) is 43.4 Å². The van der Waals surface area contributed by atoms with Crippen molar-refractivity contribution in [3.63, 3.8) is 0 Å². The van der Waals surface area contributed by atoms with Crippen LogP contribution in [0.2, 0.25) is 0 Å². The standard InChI is InChI=1S/C23H18N4O4S/c1-4-11-26-15-8-6-5-7-14(15)18(21(26)28)19-22(29)27-23(32-19)24-20(25-27)13-9-10-16(30-2)17(12-13)31-3/h4-10,12H,1,11H2,2-3H3/b19-18-. The van der Waals surface area contributed by atoms with Crippen LogP contribution in [-0.2, 0) is 4.79 Å². The van der Waals surface area contributed by atoms with E-state index in [1.807, 2.05) is 24.3 Å². The zero-order valence-electron chi connectivity index (χ0n) is 17.4. The van der Waals surface area contributed by atoms with Crippen molar-refractivity contribution in [1.29, 1.82) is 0 Å². The first-order valence-corrected chi connectivity index (χ1v) is 10.6. The van der Waals surface area contributed by atoms with Crippen LogP contribution in [0.4, 0.5) is 5.69 Å². The van der Waals surface area contributed by atoms with E-state index >= 15 is 0 Å². The van der Waals surface area contributed by atoms with Crippen LogP contribution in [0, 0.1) is 0 Å². The summed E-state index contributed by atoms with van der Waals surface area (Å²) in [4.78, 5) is 32.9. The summed E-state index contributed by atoms with van der Waals surface area (Å²) in [6.45, 7) is 4.09. The number of hydrogen-bond acceptors (Lipinski definition) is 7. The van der Waals surface area contributed by atoms with E-state index in [-0.39, 0.29) is 11.5 Å². The molecular weight excluding hydrogens is 428 g/mol. The summed E-state index contributed by atoms with van der Waals surface area (Å²) in [6, 6.07) is 12.7. The molecule has 0 spiro atoms. The molecule has 32 heavy (non-hydrogen) atoms. The van der Waals surface area contributed by atoms with Gasteiger partial charge in [0.2, 0.25) is 4.96 Å². The van der Waals surface area contributed by atoms with Crippen LogP contribution in [0.15, 0.2) is 59.9 Å². The molecule has 0 saturated carbocycles. The zero-order chi connectivity index (χ0) is 22.4. The van der Waals surface area contributed by atoms with Crippen LogP contribution in [0.1, 0.15) is 5.56 Å². The van der Waals surface area contributed by atoms with E-state index in [0.29, 0.717) is 44.5 Å². The van der Waals surface area contributed by atoms with Gasteiger partial charge < -0.3 is 14.4 Å². The predicted octanol–water partition coefficient (Wildman–Crippen LogP) is 2.29. The summed E-state index contributed by atoms with van der Waals surface area (Å²) in [5.74, 6) is 1.28. The number of benzene rings is 2. The van der Waals surface area contributed by atoms with Gasteiger partial charge in [0.15, 0.2) is 17.3 Å². The number of anilines is 1. The first-order chi connectivity index (χ1) is 15.6. The summed E-state index contributed by atoms with van der Waals surface area (Å²) in [5, 5.41) is 4.39. The highest BCUT2D eigenvalue weighted by atomic mass is 32.1. The maximum Gasteiger partial charge on any atom is 0.291 e. The SMILES string of the molecule is C=CCN1C(=O)/C(=c2\sc3nc(-c4ccc(OC)c(OC)c4)nn3c2=O)c2ccccc21. The Kier molecular flexibility index (Phi) is 4.75. The molecule has 1 aliphatic rings. The van der Waals surface area contributed by atoms with Gasteiger partial charge in [-0.15, -0.1) is 11.7 Å². The lowest BCUT2D eigenvalue weighted by Crippen LogP contribution is -2.32. The molecule has 160 valence electrons. The number of rotatable bonds is 5. The molecule has 0 radical (unpaired) electrons. The van der Waals surface area contributed by atoms with Crippen LogP contribution >= 0.6 is 11.3 Å². The van der Waals surface area contributed by atoms with Gasteiger partial charge in [0.25, 0.3) is 11.5 Å². The van der Waals surface area contributed by atoms with E-state index in [4.69, 9.17) is 9.47 Å². The molecule has 0 aliphatic carbocycles. The van der Waals surface area contributed by atoms with Crippen molar-refractivity contribution in [2.75, 3.05) is 25.7 Å². The minimum Gasteiger partial charge on any atom is -0.493 e. The van der Waals surface area contributed by atoms with E-state index in [2.05, 4.69) is 16.7 Å². The second-order valence-corrected chi connectivity index (χ2v) is 8.01. The molecule has 2 aromatic heterocycles. The number of hydrogen-bond donors (Lipinski definition) is 0. The smallest absolute Gasteiger partial charge is 0.291 e. The summed E-state index contributed by atoms with van der Waals surface area (Å²) in [6.07, 6.45) is 1.66. The topological polar surface area (TPSA) is 86.0 Å². The van der Waals surface area contributed by atoms with E-state index in [1.165, 1.54) is 4.52 Å². The summed E-state index contributed by atoms with van der Waals surface area (Å²) in [7, 11) is 3.11. The number of para-hydroxylation sites is 1. The third kappa shape index (κ3) is 2.89. The van der Waals surface area contributed by atoms with E-state index in [9.17, 15) is 9.59 Å². The lowest BCUT2D eigenvalue weighted by atomic mass is 10.1. The third-order valence-electron chi connectivity index (χ3n) is 5.26. The molecule has 3 heterocycles. The van der Waals surface area contributed by atoms with Gasteiger partial charge in [-0.3, -0.25) is 9.59 Å². The van der Waals surface area contributed by atoms with Gasteiger partial charge in [-0.05, 0) is 24.3 Å². The molecule has 2 aromatic carbocycles. The molecule has 9 heteroatoms. The Morgan fingerprint density at radius 1 is 1.09 bits per heavy atom. The number of thiazole rings is 1. The van der Waals surface area contributed by atoms with Crippen molar-refractivity contribution in [3.05, 3.63) is 75.6 Å². The van der Waals surface area contributed by atoms with Gasteiger partial charge in [-0.25, -0.2) is 0 Å².